The van der Waals surface area contributed by atoms with Crippen LogP contribution in [0.1, 0.15) is 0 Å². The normalized spacial score (nSPS) is 38.9. The van der Waals surface area contributed by atoms with Gasteiger partial charge in [0.2, 0.25) is 0 Å². The summed E-state index contributed by atoms with van der Waals surface area (Å²) in [5.74, 6) is 2.21. The molecule has 0 spiro atoms. The molecule has 0 saturated carbocycles. The Morgan fingerprint density at radius 1 is 1.46 bits per heavy atom. The second kappa shape index (κ2) is 4.56. The largest absolute Gasteiger partial charge is 0.394 e. The summed E-state index contributed by atoms with van der Waals surface area (Å²) in [5.41, 5.74) is 0. The van der Waals surface area contributed by atoms with Crippen LogP contribution >= 0.6 is 0 Å². The van der Waals surface area contributed by atoms with Gasteiger partial charge in [0.15, 0.2) is 6.29 Å². The van der Waals surface area contributed by atoms with Crippen molar-refractivity contribution >= 4 is 0 Å². The Morgan fingerprint density at radius 2 is 2.15 bits per heavy atom. The molecular weight excluding hydrogens is 176 g/mol. The van der Waals surface area contributed by atoms with Crippen LogP contribution in [-0.4, -0.2) is 53.1 Å². The third-order valence-corrected chi connectivity index (χ3v) is 1.85. The Labute approximate surface area is 75.9 Å². The fourth-order valence-corrected chi connectivity index (χ4v) is 1.19. The third kappa shape index (κ3) is 2.18. The van der Waals surface area contributed by atoms with E-state index in [1.54, 1.807) is 0 Å². The third-order valence-electron chi connectivity index (χ3n) is 1.85. The molecule has 1 unspecified atom stereocenters. The molecular formula is C8H12O5. The number of rotatable bonds is 3. The molecule has 1 aliphatic heterocycles. The van der Waals surface area contributed by atoms with Gasteiger partial charge in [-0.05, 0) is 0 Å². The number of hydrogen-bond donors (Lipinski definition) is 3. The van der Waals surface area contributed by atoms with Gasteiger partial charge in [0.1, 0.15) is 24.9 Å². The molecule has 0 aromatic heterocycles. The number of hydrogen-bond acceptors (Lipinski definition) is 5. The predicted molar refractivity (Wildman–Crippen MR) is 42.5 cm³/mol. The van der Waals surface area contributed by atoms with Crippen molar-refractivity contribution in [1.29, 1.82) is 0 Å². The Hall–Kier alpha value is -0.640. The van der Waals surface area contributed by atoms with Gasteiger partial charge in [0.25, 0.3) is 0 Å². The summed E-state index contributed by atoms with van der Waals surface area (Å²) in [7, 11) is 0. The van der Waals surface area contributed by atoms with Crippen LogP contribution in [0, 0.1) is 12.3 Å². The lowest BCUT2D eigenvalue weighted by molar-refractivity contribution is -0.143. The molecule has 4 atom stereocenters. The molecule has 0 aliphatic carbocycles. The van der Waals surface area contributed by atoms with Crippen LogP contribution < -0.4 is 0 Å². The maximum Gasteiger partial charge on any atom is 0.184 e. The molecule has 1 aliphatic rings. The van der Waals surface area contributed by atoms with Crippen molar-refractivity contribution in [1.82, 2.24) is 0 Å². The SMILES string of the molecule is C#CCO[C@H]1[C@H](O)OC(CO)[C@H]1O. The van der Waals surface area contributed by atoms with E-state index in [1.165, 1.54) is 0 Å². The summed E-state index contributed by atoms with van der Waals surface area (Å²) >= 11 is 0. The van der Waals surface area contributed by atoms with E-state index < -0.39 is 24.6 Å². The lowest BCUT2D eigenvalue weighted by Gasteiger charge is -2.15. The zero-order chi connectivity index (χ0) is 9.84. The summed E-state index contributed by atoms with van der Waals surface area (Å²) in [6.07, 6.45) is 0.964. The monoisotopic (exact) mass is 188 g/mol. The number of terminal acetylenes is 1. The lowest BCUT2D eigenvalue weighted by Crippen LogP contribution is -2.36. The van der Waals surface area contributed by atoms with Crippen molar-refractivity contribution in [3.05, 3.63) is 0 Å². The van der Waals surface area contributed by atoms with Crippen LogP contribution in [0.2, 0.25) is 0 Å². The molecule has 1 heterocycles. The minimum atomic E-state index is -1.24. The molecule has 13 heavy (non-hydrogen) atoms. The Bertz CT molecular complexity index is 199. The Balaban J connectivity index is 2.49. The summed E-state index contributed by atoms with van der Waals surface area (Å²) in [6, 6.07) is 0. The molecule has 74 valence electrons. The van der Waals surface area contributed by atoms with Gasteiger partial charge in [-0.15, -0.1) is 6.42 Å². The summed E-state index contributed by atoms with van der Waals surface area (Å²) < 4.78 is 9.73. The number of ether oxygens (including phenoxy) is 2. The first-order chi connectivity index (χ1) is 6.20. The smallest absolute Gasteiger partial charge is 0.184 e. The molecule has 1 fully saturated rings. The highest BCUT2D eigenvalue weighted by atomic mass is 16.7. The minimum absolute atomic E-state index is 0.0136. The zero-order valence-corrected chi connectivity index (χ0v) is 6.96. The number of aliphatic hydroxyl groups excluding tert-OH is 3. The van der Waals surface area contributed by atoms with E-state index in [1.807, 2.05) is 0 Å². The minimum Gasteiger partial charge on any atom is -0.394 e. The average Bonchev–Trinajstić information content (AvgIpc) is 2.39. The standard InChI is InChI=1S/C8H12O5/c1-2-3-12-7-6(10)5(4-9)13-8(7)11/h1,5-11H,3-4H2/t5?,6-,7-,8-/m1/s1. The van der Waals surface area contributed by atoms with Gasteiger partial charge in [0.05, 0.1) is 6.61 Å². The van der Waals surface area contributed by atoms with E-state index in [0.29, 0.717) is 0 Å². The van der Waals surface area contributed by atoms with Crippen molar-refractivity contribution in [3.63, 3.8) is 0 Å². The van der Waals surface area contributed by atoms with Gasteiger partial charge in [-0.3, -0.25) is 0 Å². The maximum atomic E-state index is 9.41. The summed E-state index contributed by atoms with van der Waals surface area (Å²) in [4.78, 5) is 0. The van der Waals surface area contributed by atoms with E-state index >= 15 is 0 Å². The lowest BCUT2D eigenvalue weighted by atomic mass is 10.1. The molecule has 5 heteroatoms. The van der Waals surface area contributed by atoms with Crippen molar-refractivity contribution in [2.75, 3.05) is 13.2 Å². The first-order valence-corrected chi connectivity index (χ1v) is 3.88. The number of aliphatic hydroxyl groups is 3. The second-order valence-electron chi connectivity index (χ2n) is 2.72. The van der Waals surface area contributed by atoms with Crippen molar-refractivity contribution in [2.45, 2.75) is 24.6 Å². The van der Waals surface area contributed by atoms with Crippen molar-refractivity contribution in [3.8, 4) is 12.3 Å². The Morgan fingerprint density at radius 3 is 2.62 bits per heavy atom. The second-order valence-corrected chi connectivity index (χ2v) is 2.72. The van der Waals surface area contributed by atoms with Gasteiger partial charge >= 0.3 is 0 Å². The van der Waals surface area contributed by atoms with E-state index in [0.717, 1.165) is 0 Å². The van der Waals surface area contributed by atoms with Gasteiger partial charge in [-0.1, -0.05) is 5.92 Å². The molecule has 0 aromatic rings. The van der Waals surface area contributed by atoms with Crippen LogP contribution in [-0.2, 0) is 9.47 Å². The van der Waals surface area contributed by atoms with Crippen LogP contribution in [0.3, 0.4) is 0 Å². The van der Waals surface area contributed by atoms with Crippen molar-refractivity contribution in [2.24, 2.45) is 0 Å². The fourth-order valence-electron chi connectivity index (χ4n) is 1.19. The molecule has 0 radical (unpaired) electrons. The quantitative estimate of drug-likeness (QED) is 0.450. The molecule has 1 saturated heterocycles. The molecule has 0 aromatic carbocycles. The molecule has 0 bridgehead atoms. The average molecular weight is 188 g/mol. The van der Waals surface area contributed by atoms with Crippen LogP contribution in [0.4, 0.5) is 0 Å². The molecule has 1 rings (SSSR count). The van der Waals surface area contributed by atoms with Crippen molar-refractivity contribution < 1.29 is 24.8 Å². The van der Waals surface area contributed by atoms with E-state index in [9.17, 15) is 10.2 Å². The maximum absolute atomic E-state index is 9.41. The molecule has 0 amide bonds. The molecule has 5 nitrogen and oxygen atoms in total. The van der Waals surface area contributed by atoms with Gasteiger partial charge in [-0.2, -0.15) is 0 Å². The van der Waals surface area contributed by atoms with E-state index in [2.05, 4.69) is 5.92 Å². The van der Waals surface area contributed by atoms with Crippen LogP contribution in [0.15, 0.2) is 0 Å². The highest BCUT2D eigenvalue weighted by Gasteiger charge is 2.43. The predicted octanol–water partition coefficient (Wildman–Crippen LogP) is -1.92. The molecule has 3 N–H and O–H groups in total. The van der Waals surface area contributed by atoms with Gasteiger partial charge < -0.3 is 24.8 Å². The van der Waals surface area contributed by atoms with Crippen LogP contribution in [0.25, 0.3) is 0 Å². The first-order valence-electron chi connectivity index (χ1n) is 3.88. The van der Waals surface area contributed by atoms with Crippen LogP contribution in [0.5, 0.6) is 0 Å². The topological polar surface area (TPSA) is 79.2 Å². The van der Waals surface area contributed by atoms with Gasteiger partial charge in [0, 0.05) is 0 Å². The van der Waals surface area contributed by atoms with E-state index in [4.69, 9.17) is 21.0 Å². The summed E-state index contributed by atoms with van der Waals surface area (Å²) in [6.45, 7) is -0.381. The Kier molecular flexibility index (Phi) is 3.66. The fraction of sp³-hybridized carbons (Fsp3) is 0.750. The van der Waals surface area contributed by atoms with Gasteiger partial charge in [-0.25, -0.2) is 0 Å². The highest BCUT2D eigenvalue weighted by Crippen LogP contribution is 2.21. The highest BCUT2D eigenvalue weighted by molar-refractivity contribution is 4.90. The van der Waals surface area contributed by atoms with E-state index in [-0.39, 0.29) is 13.2 Å². The zero-order valence-electron chi connectivity index (χ0n) is 6.96. The first kappa shape index (κ1) is 10.4. The summed E-state index contributed by atoms with van der Waals surface area (Å²) in [5, 5.41) is 27.3.